The maximum atomic E-state index is 5.18. The van der Waals surface area contributed by atoms with E-state index < -0.39 is 0 Å². The van der Waals surface area contributed by atoms with E-state index in [0.717, 1.165) is 5.56 Å². The zero-order valence-corrected chi connectivity index (χ0v) is 7.55. The standard InChI is InChI=1S/C8H6BrNO/c1-3-6-4-5-7(11-2)10-8(6)9/h1,4-5H,2H3. The summed E-state index contributed by atoms with van der Waals surface area (Å²) >= 11 is 3.21. The third-order valence-corrected chi connectivity index (χ3v) is 1.79. The number of nitrogens with zero attached hydrogens (tertiary/aromatic N) is 1. The van der Waals surface area contributed by atoms with Crippen LogP contribution in [0.25, 0.3) is 0 Å². The van der Waals surface area contributed by atoms with Crippen LogP contribution in [0.15, 0.2) is 16.7 Å². The first-order valence-corrected chi connectivity index (χ1v) is 3.74. The van der Waals surface area contributed by atoms with Gasteiger partial charge in [0.15, 0.2) is 0 Å². The number of ether oxygens (including phenoxy) is 1. The maximum Gasteiger partial charge on any atom is 0.214 e. The van der Waals surface area contributed by atoms with Crippen molar-refractivity contribution in [2.24, 2.45) is 0 Å². The molecule has 0 N–H and O–H groups in total. The lowest BCUT2D eigenvalue weighted by atomic mass is 10.3. The molecular weight excluding hydrogens is 206 g/mol. The first-order chi connectivity index (χ1) is 5.27. The fraction of sp³-hybridized carbons (Fsp3) is 0.125. The molecule has 3 heteroatoms. The minimum Gasteiger partial charge on any atom is -0.481 e. The Morgan fingerprint density at radius 1 is 1.64 bits per heavy atom. The molecule has 0 bridgehead atoms. The van der Waals surface area contributed by atoms with Gasteiger partial charge in [0, 0.05) is 6.07 Å². The van der Waals surface area contributed by atoms with Crippen LogP contribution in [0.3, 0.4) is 0 Å². The Morgan fingerprint density at radius 3 is 2.82 bits per heavy atom. The Bertz CT molecular complexity index is 303. The van der Waals surface area contributed by atoms with Gasteiger partial charge in [-0.3, -0.25) is 0 Å². The Kier molecular flexibility index (Phi) is 2.50. The summed E-state index contributed by atoms with van der Waals surface area (Å²) in [6.45, 7) is 0. The quantitative estimate of drug-likeness (QED) is 0.523. The lowest BCUT2D eigenvalue weighted by Gasteiger charge is -1.99. The Hall–Kier alpha value is -1.01. The third kappa shape index (κ3) is 1.72. The molecule has 56 valence electrons. The highest BCUT2D eigenvalue weighted by Crippen LogP contribution is 2.16. The highest BCUT2D eigenvalue weighted by atomic mass is 79.9. The maximum absolute atomic E-state index is 5.18. The van der Waals surface area contributed by atoms with Gasteiger partial charge in [-0.25, -0.2) is 4.98 Å². The number of hydrogen-bond acceptors (Lipinski definition) is 2. The van der Waals surface area contributed by atoms with Gasteiger partial charge in [0.25, 0.3) is 0 Å². The topological polar surface area (TPSA) is 22.1 Å². The number of halogens is 1. The summed E-state index contributed by atoms with van der Waals surface area (Å²) in [6, 6.07) is 3.50. The molecule has 0 aliphatic heterocycles. The fourth-order valence-corrected chi connectivity index (χ4v) is 1.06. The van der Waals surface area contributed by atoms with E-state index in [1.165, 1.54) is 0 Å². The second-order valence-electron chi connectivity index (χ2n) is 1.84. The largest absolute Gasteiger partial charge is 0.481 e. The molecule has 0 saturated heterocycles. The molecule has 1 aromatic heterocycles. The molecular formula is C8H6BrNO. The lowest BCUT2D eigenvalue weighted by Crippen LogP contribution is -1.89. The lowest BCUT2D eigenvalue weighted by molar-refractivity contribution is 0.397. The first kappa shape index (κ1) is 8.09. The van der Waals surface area contributed by atoms with Crippen LogP contribution in [-0.4, -0.2) is 12.1 Å². The summed E-state index contributed by atoms with van der Waals surface area (Å²) in [5, 5.41) is 0. The monoisotopic (exact) mass is 211 g/mol. The second-order valence-corrected chi connectivity index (χ2v) is 2.59. The molecule has 1 aromatic rings. The SMILES string of the molecule is C#Cc1ccc(OC)nc1Br. The van der Waals surface area contributed by atoms with Gasteiger partial charge in [0.05, 0.1) is 12.7 Å². The highest BCUT2D eigenvalue weighted by molar-refractivity contribution is 9.10. The molecule has 2 nitrogen and oxygen atoms in total. The molecule has 0 atom stereocenters. The second kappa shape index (κ2) is 3.40. The van der Waals surface area contributed by atoms with Gasteiger partial charge < -0.3 is 4.74 Å². The van der Waals surface area contributed by atoms with Crippen LogP contribution < -0.4 is 4.74 Å². The number of rotatable bonds is 1. The van der Waals surface area contributed by atoms with Crippen molar-refractivity contribution in [1.29, 1.82) is 0 Å². The van der Waals surface area contributed by atoms with Gasteiger partial charge in [-0.05, 0) is 22.0 Å². The van der Waals surface area contributed by atoms with Crippen molar-refractivity contribution < 1.29 is 4.74 Å². The van der Waals surface area contributed by atoms with Gasteiger partial charge in [-0.15, -0.1) is 6.42 Å². The number of aromatic nitrogens is 1. The van der Waals surface area contributed by atoms with E-state index in [1.54, 1.807) is 19.2 Å². The normalized spacial score (nSPS) is 8.82. The summed E-state index contributed by atoms with van der Waals surface area (Å²) in [6.07, 6.45) is 5.18. The zero-order chi connectivity index (χ0) is 8.27. The smallest absolute Gasteiger partial charge is 0.214 e. The summed E-state index contributed by atoms with van der Waals surface area (Å²) in [4.78, 5) is 4.01. The van der Waals surface area contributed by atoms with E-state index in [1.807, 2.05) is 0 Å². The van der Waals surface area contributed by atoms with Crippen LogP contribution in [0.2, 0.25) is 0 Å². The van der Waals surface area contributed by atoms with Crippen LogP contribution in [-0.2, 0) is 0 Å². The van der Waals surface area contributed by atoms with Gasteiger partial charge in [-0.2, -0.15) is 0 Å². The molecule has 0 aliphatic carbocycles. The van der Waals surface area contributed by atoms with E-state index in [0.29, 0.717) is 10.5 Å². The minimum absolute atomic E-state index is 0.552. The minimum atomic E-state index is 0.552. The number of hydrogen-bond donors (Lipinski definition) is 0. The van der Waals surface area contributed by atoms with Crippen LogP contribution in [0.4, 0.5) is 0 Å². The summed E-state index contributed by atoms with van der Waals surface area (Å²) in [5.74, 6) is 3.03. The van der Waals surface area contributed by atoms with Crippen LogP contribution in [0, 0.1) is 12.3 Å². The number of methoxy groups -OCH3 is 1. The third-order valence-electron chi connectivity index (χ3n) is 1.19. The van der Waals surface area contributed by atoms with Crippen molar-refractivity contribution in [3.8, 4) is 18.2 Å². The van der Waals surface area contributed by atoms with Gasteiger partial charge in [0.2, 0.25) is 5.88 Å². The average Bonchev–Trinajstić information content (AvgIpc) is 2.04. The predicted octanol–water partition coefficient (Wildman–Crippen LogP) is 1.83. The zero-order valence-electron chi connectivity index (χ0n) is 5.97. The Balaban J connectivity index is 3.12. The van der Waals surface area contributed by atoms with Crippen LogP contribution in [0.1, 0.15) is 5.56 Å². The van der Waals surface area contributed by atoms with E-state index in [-0.39, 0.29) is 0 Å². The van der Waals surface area contributed by atoms with Gasteiger partial charge in [0.1, 0.15) is 4.60 Å². The van der Waals surface area contributed by atoms with Crippen molar-refractivity contribution in [3.63, 3.8) is 0 Å². The van der Waals surface area contributed by atoms with Crippen molar-refractivity contribution in [2.45, 2.75) is 0 Å². The molecule has 0 amide bonds. The first-order valence-electron chi connectivity index (χ1n) is 2.95. The van der Waals surface area contributed by atoms with Crippen LogP contribution >= 0.6 is 15.9 Å². The van der Waals surface area contributed by atoms with Gasteiger partial charge >= 0.3 is 0 Å². The molecule has 1 heterocycles. The molecule has 0 spiro atoms. The molecule has 0 radical (unpaired) electrons. The Labute approximate surface area is 73.7 Å². The van der Waals surface area contributed by atoms with E-state index in [2.05, 4.69) is 26.8 Å². The molecule has 0 fully saturated rings. The average molecular weight is 212 g/mol. The molecule has 0 aliphatic rings. The summed E-state index contributed by atoms with van der Waals surface area (Å²) in [7, 11) is 1.56. The fourth-order valence-electron chi connectivity index (χ4n) is 0.639. The summed E-state index contributed by atoms with van der Waals surface area (Å²) in [5.41, 5.74) is 0.728. The van der Waals surface area contributed by atoms with Crippen LogP contribution in [0.5, 0.6) is 5.88 Å². The van der Waals surface area contributed by atoms with Crippen molar-refractivity contribution in [2.75, 3.05) is 7.11 Å². The molecule has 11 heavy (non-hydrogen) atoms. The van der Waals surface area contributed by atoms with E-state index in [4.69, 9.17) is 11.2 Å². The highest BCUT2D eigenvalue weighted by Gasteiger charge is 1.98. The molecule has 1 rings (SSSR count). The van der Waals surface area contributed by atoms with Crippen molar-refractivity contribution in [3.05, 3.63) is 22.3 Å². The number of terminal acetylenes is 1. The van der Waals surface area contributed by atoms with E-state index >= 15 is 0 Å². The molecule has 0 aromatic carbocycles. The Morgan fingerprint density at radius 2 is 2.36 bits per heavy atom. The predicted molar refractivity (Wildman–Crippen MR) is 46.4 cm³/mol. The van der Waals surface area contributed by atoms with E-state index in [9.17, 15) is 0 Å². The van der Waals surface area contributed by atoms with Crippen molar-refractivity contribution in [1.82, 2.24) is 4.98 Å². The number of pyridine rings is 1. The van der Waals surface area contributed by atoms with Crippen molar-refractivity contribution >= 4 is 15.9 Å². The summed E-state index contributed by atoms with van der Waals surface area (Å²) < 4.78 is 5.52. The molecule has 0 unspecified atom stereocenters. The van der Waals surface area contributed by atoms with Gasteiger partial charge in [-0.1, -0.05) is 5.92 Å². The molecule has 0 saturated carbocycles.